The van der Waals surface area contributed by atoms with Crippen LogP contribution in [0.15, 0.2) is 143 Å². The predicted octanol–water partition coefficient (Wildman–Crippen LogP) is 7.35. The van der Waals surface area contributed by atoms with Crippen LogP contribution in [0.2, 0.25) is 0 Å². The van der Waals surface area contributed by atoms with Crippen LogP contribution >= 0.6 is 0 Å². The number of hydrogen-bond acceptors (Lipinski definition) is 7. The zero-order valence-electron chi connectivity index (χ0n) is 25.4. The summed E-state index contributed by atoms with van der Waals surface area (Å²) in [5.74, 6) is -0.907. The molecule has 10 heteroatoms. The van der Waals surface area contributed by atoms with E-state index in [9.17, 15) is 21.6 Å². The van der Waals surface area contributed by atoms with Gasteiger partial charge in [-0.3, -0.25) is 0 Å². The minimum absolute atomic E-state index is 0.229. The second-order valence-electron chi connectivity index (χ2n) is 11.3. The van der Waals surface area contributed by atoms with Crippen LogP contribution in [0.25, 0.3) is 28.3 Å². The van der Waals surface area contributed by atoms with Crippen LogP contribution < -0.4 is 3.71 Å². The summed E-state index contributed by atoms with van der Waals surface area (Å²) in [6.07, 6.45) is 3.95. The van der Waals surface area contributed by atoms with E-state index >= 15 is 0 Å². The van der Waals surface area contributed by atoms with Gasteiger partial charge in [0.2, 0.25) is 0 Å². The lowest BCUT2D eigenvalue weighted by Gasteiger charge is -2.23. The second kappa shape index (κ2) is 13.1. The Balaban J connectivity index is 1.54. The normalized spacial score (nSPS) is 12.2. The molecule has 234 valence electrons. The molecule has 5 rings (SSSR count). The van der Waals surface area contributed by atoms with E-state index in [2.05, 4.69) is 4.98 Å². The average molecular weight is 653 g/mol. The number of benzene rings is 4. The molecule has 0 radical (unpaired) electrons. The van der Waals surface area contributed by atoms with Gasteiger partial charge in [0.25, 0.3) is 20.0 Å². The number of pyridine rings is 1. The molecule has 0 saturated heterocycles. The summed E-state index contributed by atoms with van der Waals surface area (Å²) in [5.41, 5.74) is 3.06. The summed E-state index contributed by atoms with van der Waals surface area (Å²) < 4.78 is 62.2. The molecular formula is C36H32N2O6S2. The Labute approximate surface area is 269 Å². The number of ether oxygens (including phenoxy) is 1. The molecule has 0 fully saturated rings. The molecule has 5 aromatic rings. The molecule has 0 spiro atoms. The van der Waals surface area contributed by atoms with Crippen molar-refractivity contribution >= 4 is 37.9 Å². The van der Waals surface area contributed by atoms with Gasteiger partial charge in [-0.15, -0.1) is 3.71 Å². The fourth-order valence-electron chi connectivity index (χ4n) is 4.57. The van der Waals surface area contributed by atoms with Crippen LogP contribution in [0.1, 0.15) is 26.3 Å². The van der Waals surface area contributed by atoms with E-state index in [0.29, 0.717) is 9.27 Å². The van der Waals surface area contributed by atoms with Gasteiger partial charge in [0.15, 0.2) is 5.82 Å². The highest BCUT2D eigenvalue weighted by molar-refractivity contribution is 8.10. The molecule has 1 aromatic heterocycles. The second-order valence-corrected chi connectivity index (χ2v) is 15.1. The Hall–Kier alpha value is -5.06. The van der Waals surface area contributed by atoms with E-state index in [-0.39, 0.29) is 15.6 Å². The average Bonchev–Trinajstić information content (AvgIpc) is 3.04. The van der Waals surface area contributed by atoms with Gasteiger partial charge in [-0.1, -0.05) is 84.9 Å². The lowest BCUT2D eigenvalue weighted by molar-refractivity contribution is -0.148. The van der Waals surface area contributed by atoms with Crippen molar-refractivity contribution in [3.05, 3.63) is 139 Å². The monoisotopic (exact) mass is 652 g/mol. The summed E-state index contributed by atoms with van der Waals surface area (Å²) in [5, 5.41) is 0. The molecule has 0 atom stereocenters. The van der Waals surface area contributed by atoms with E-state index in [1.54, 1.807) is 45.0 Å². The standard InChI is InChI=1S/C36H32N2O6S2/c1-36(2,3)44-35(39)25-15-27-14-24-34(37-26-27)38(45(40,41)32-20-16-30(17-21-32)28-10-6-4-7-11-28)46(42,43)33-22-18-31(19-23-33)29-12-8-5-9-13-29/h4-26H,1-3H3. The van der Waals surface area contributed by atoms with Crippen LogP contribution in [-0.4, -0.2) is 33.4 Å². The third-order valence-electron chi connectivity index (χ3n) is 6.73. The number of anilines is 1. The van der Waals surface area contributed by atoms with Crippen molar-refractivity contribution in [2.75, 3.05) is 3.71 Å². The molecule has 8 nitrogen and oxygen atoms in total. The highest BCUT2D eigenvalue weighted by atomic mass is 32.3. The SMILES string of the molecule is CC(C)(C)OC(=O)C=Cc1ccc(N(S(=O)(=O)c2ccc(-c3ccccc3)cc2)S(=O)(=O)c2ccc(-c3ccccc3)cc2)nc1. The fourth-order valence-corrected chi connectivity index (χ4v) is 8.17. The highest BCUT2D eigenvalue weighted by Gasteiger charge is 2.38. The largest absolute Gasteiger partial charge is 0.457 e. The van der Waals surface area contributed by atoms with Gasteiger partial charge >= 0.3 is 5.97 Å². The number of aromatic nitrogens is 1. The van der Waals surface area contributed by atoms with E-state index < -0.39 is 31.6 Å². The van der Waals surface area contributed by atoms with Crippen molar-refractivity contribution in [1.29, 1.82) is 0 Å². The van der Waals surface area contributed by atoms with Gasteiger partial charge in [0.1, 0.15) is 5.60 Å². The summed E-state index contributed by atoms with van der Waals surface area (Å²) in [6, 6.07) is 33.5. The van der Waals surface area contributed by atoms with Crippen molar-refractivity contribution < 1.29 is 26.4 Å². The third kappa shape index (κ3) is 7.42. The maximum absolute atomic E-state index is 14.2. The summed E-state index contributed by atoms with van der Waals surface area (Å²) in [6.45, 7) is 5.24. The first-order valence-electron chi connectivity index (χ1n) is 14.3. The molecular weight excluding hydrogens is 621 g/mol. The number of esters is 1. The summed E-state index contributed by atoms with van der Waals surface area (Å²) in [7, 11) is -9.38. The Kier molecular flexibility index (Phi) is 9.22. The molecule has 0 aliphatic carbocycles. The number of sulfonamides is 2. The van der Waals surface area contributed by atoms with Crippen LogP contribution in [0, 0.1) is 0 Å². The smallest absolute Gasteiger partial charge is 0.331 e. The minimum Gasteiger partial charge on any atom is -0.457 e. The minimum atomic E-state index is -4.69. The third-order valence-corrected chi connectivity index (χ3v) is 10.9. The predicted molar refractivity (Wildman–Crippen MR) is 180 cm³/mol. The molecule has 1 heterocycles. The van der Waals surface area contributed by atoms with Gasteiger partial charge < -0.3 is 4.74 Å². The Morgan fingerprint density at radius 3 is 1.46 bits per heavy atom. The topological polar surface area (TPSA) is 111 Å². The maximum atomic E-state index is 14.2. The lowest BCUT2D eigenvalue weighted by Crippen LogP contribution is -2.37. The van der Waals surface area contributed by atoms with E-state index in [1.165, 1.54) is 54.7 Å². The van der Waals surface area contributed by atoms with Crippen LogP contribution in [0.3, 0.4) is 0 Å². The molecule has 0 aliphatic rings. The number of carbonyl (C=O) groups is 1. The van der Waals surface area contributed by atoms with Gasteiger partial charge in [-0.2, -0.15) is 16.8 Å². The van der Waals surface area contributed by atoms with Crippen molar-refractivity contribution in [3.8, 4) is 22.3 Å². The Bertz CT molecular complexity index is 1940. The molecule has 0 bridgehead atoms. The van der Waals surface area contributed by atoms with Crippen LogP contribution in [-0.2, 0) is 29.6 Å². The molecule has 4 aromatic carbocycles. The van der Waals surface area contributed by atoms with Crippen LogP contribution in [0.4, 0.5) is 5.82 Å². The maximum Gasteiger partial charge on any atom is 0.331 e. The van der Waals surface area contributed by atoms with E-state index in [1.807, 2.05) is 60.7 Å². The molecule has 46 heavy (non-hydrogen) atoms. The molecule has 0 unspecified atom stereocenters. The fraction of sp³-hybridized carbons (Fsp3) is 0.111. The van der Waals surface area contributed by atoms with Crippen molar-refractivity contribution in [2.45, 2.75) is 36.2 Å². The van der Waals surface area contributed by atoms with Gasteiger partial charge in [0.05, 0.1) is 9.79 Å². The highest BCUT2D eigenvalue weighted by Crippen LogP contribution is 2.32. The zero-order valence-corrected chi connectivity index (χ0v) is 27.1. The first-order valence-corrected chi connectivity index (χ1v) is 17.2. The van der Waals surface area contributed by atoms with Crippen molar-refractivity contribution in [2.24, 2.45) is 0 Å². The van der Waals surface area contributed by atoms with E-state index in [4.69, 9.17) is 4.74 Å². The number of nitrogens with zero attached hydrogens (tertiary/aromatic N) is 2. The zero-order chi connectivity index (χ0) is 33.0. The number of carbonyl (C=O) groups excluding carboxylic acids is 1. The number of hydrogen-bond donors (Lipinski definition) is 0. The Morgan fingerprint density at radius 1 is 0.630 bits per heavy atom. The van der Waals surface area contributed by atoms with Crippen molar-refractivity contribution in [1.82, 2.24) is 4.98 Å². The van der Waals surface area contributed by atoms with Crippen LogP contribution in [0.5, 0.6) is 0 Å². The molecule has 0 saturated carbocycles. The van der Waals surface area contributed by atoms with Crippen molar-refractivity contribution in [3.63, 3.8) is 0 Å². The van der Waals surface area contributed by atoms with E-state index in [0.717, 1.165) is 22.3 Å². The lowest BCUT2D eigenvalue weighted by atomic mass is 10.1. The molecule has 0 N–H and O–H groups in total. The molecule has 0 aliphatic heterocycles. The van der Waals surface area contributed by atoms with Gasteiger partial charge in [-0.05, 0) is 91.1 Å². The first-order chi connectivity index (χ1) is 21.8. The quantitative estimate of drug-likeness (QED) is 0.121. The first kappa shape index (κ1) is 32.3. The van der Waals surface area contributed by atoms with Gasteiger partial charge in [0, 0.05) is 12.3 Å². The molecule has 0 amide bonds. The summed E-state index contributed by atoms with van der Waals surface area (Å²) in [4.78, 5) is 15.9. The number of rotatable bonds is 9. The Morgan fingerprint density at radius 2 is 1.07 bits per heavy atom. The summed E-state index contributed by atoms with van der Waals surface area (Å²) >= 11 is 0. The van der Waals surface area contributed by atoms with Gasteiger partial charge in [-0.25, -0.2) is 9.78 Å².